The summed E-state index contributed by atoms with van der Waals surface area (Å²) in [5.41, 5.74) is 3.52. The summed E-state index contributed by atoms with van der Waals surface area (Å²) in [6.45, 7) is 2.36. The van der Waals surface area contributed by atoms with Gasteiger partial charge in [0.25, 0.3) is 5.91 Å². The van der Waals surface area contributed by atoms with Crippen molar-refractivity contribution in [3.05, 3.63) is 89.5 Å². The Balaban J connectivity index is 1.70. The predicted molar refractivity (Wildman–Crippen MR) is 102 cm³/mol. The number of aromatic nitrogens is 1. The third-order valence-electron chi connectivity index (χ3n) is 4.09. The van der Waals surface area contributed by atoms with E-state index >= 15 is 0 Å². The van der Waals surface area contributed by atoms with Gasteiger partial charge in [0.2, 0.25) is 0 Å². The largest absolute Gasteiger partial charge is 0.380 e. The molecule has 1 aromatic heterocycles. The first kappa shape index (κ1) is 17.6. The number of rotatable bonds is 6. The molecule has 0 saturated heterocycles. The summed E-state index contributed by atoms with van der Waals surface area (Å²) in [7, 11) is 0. The molecule has 26 heavy (non-hydrogen) atoms. The summed E-state index contributed by atoms with van der Waals surface area (Å²) in [5, 5.41) is 6.02. The van der Waals surface area contributed by atoms with Crippen molar-refractivity contribution in [2.45, 2.75) is 19.9 Å². The number of aryl methyl sites for hydroxylation is 1. The zero-order valence-corrected chi connectivity index (χ0v) is 14.5. The van der Waals surface area contributed by atoms with Crippen LogP contribution in [0.2, 0.25) is 0 Å². The molecule has 2 aromatic carbocycles. The Morgan fingerprint density at radius 2 is 1.77 bits per heavy atom. The van der Waals surface area contributed by atoms with E-state index in [-0.39, 0.29) is 11.7 Å². The minimum Gasteiger partial charge on any atom is -0.380 e. The molecule has 1 heterocycles. The number of hydrogen-bond acceptors (Lipinski definition) is 3. The van der Waals surface area contributed by atoms with Crippen LogP contribution in [0.1, 0.15) is 28.4 Å². The molecule has 0 radical (unpaired) electrons. The lowest BCUT2D eigenvalue weighted by Crippen LogP contribution is -2.14. The number of benzene rings is 2. The number of hydrogen-bond donors (Lipinski definition) is 2. The number of nitrogens with zero attached hydrogens (tertiary/aromatic N) is 1. The second kappa shape index (κ2) is 8.25. The van der Waals surface area contributed by atoms with Crippen LogP contribution in [0.5, 0.6) is 0 Å². The van der Waals surface area contributed by atoms with Crippen LogP contribution in [-0.4, -0.2) is 10.9 Å². The first-order valence-electron chi connectivity index (χ1n) is 8.49. The van der Waals surface area contributed by atoms with Crippen molar-refractivity contribution in [1.29, 1.82) is 0 Å². The van der Waals surface area contributed by atoms with Gasteiger partial charge in [0.15, 0.2) is 0 Å². The first-order valence-corrected chi connectivity index (χ1v) is 8.49. The molecule has 3 aromatic rings. The fourth-order valence-electron chi connectivity index (χ4n) is 2.64. The number of nitrogens with one attached hydrogen (secondary N) is 2. The topological polar surface area (TPSA) is 54.0 Å². The van der Waals surface area contributed by atoms with Gasteiger partial charge in [-0.1, -0.05) is 43.3 Å². The fourth-order valence-corrected chi connectivity index (χ4v) is 2.64. The van der Waals surface area contributed by atoms with Crippen LogP contribution >= 0.6 is 0 Å². The van der Waals surface area contributed by atoms with E-state index in [1.807, 2.05) is 31.2 Å². The quantitative estimate of drug-likeness (QED) is 0.681. The first-order chi connectivity index (χ1) is 12.7. The van der Waals surface area contributed by atoms with Crippen molar-refractivity contribution in [2.24, 2.45) is 0 Å². The minimum absolute atomic E-state index is 0.229. The number of carbonyl (C=O) groups excluding carboxylic acids is 1. The number of para-hydroxylation sites is 1. The van der Waals surface area contributed by atoms with E-state index in [2.05, 4.69) is 15.6 Å². The Labute approximate surface area is 152 Å². The number of anilines is 2. The molecule has 0 atom stereocenters. The lowest BCUT2D eigenvalue weighted by atomic mass is 10.1. The van der Waals surface area contributed by atoms with E-state index in [0.29, 0.717) is 23.4 Å². The summed E-state index contributed by atoms with van der Waals surface area (Å²) in [4.78, 5) is 16.6. The van der Waals surface area contributed by atoms with E-state index in [4.69, 9.17) is 0 Å². The summed E-state index contributed by atoms with van der Waals surface area (Å²) >= 11 is 0. The van der Waals surface area contributed by atoms with Gasteiger partial charge in [-0.05, 0) is 30.2 Å². The van der Waals surface area contributed by atoms with Crippen LogP contribution < -0.4 is 10.6 Å². The molecule has 0 aliphatic rings. The molecule has 2 N–H and O–H groups in total. The maximum atomic E-state index is 13.7. The molecule has 0 aliphatic heterocycles. The molecule has 4 nitrogen and oxygen atoms in total. The van der Waals surface area contributed by atoms with Crippen molar-refractivity contribution in [3.63, 3.8) is 0 Å². The summed E-state index contributed by atoms with van der Waals surface area (Å²) in [6, 6.07) is 16.0. The van der Waals surface area contributed by atoms with Crippen molar-refractivity contribution < 1.29 is 9.18 Å². The molecule has 3 rings (SSSR count). The Bertz CT molecular complexity index is 911. The highest BCUT2D eigenvalue weighted by atomic mass is 19.1. The van der Waals surface area contributed by atoms with E-state index in [0.717, 1.165) is 17.7 Å². The molecule has 1 amide bonds. The molecule has 0 saturated carbocycles. The fraction of sp³-hybridized carbons (Fsp3) is 0.143. The highest BCUT2D eigenvalue weighted by Crippen LogP contribution is 2.18. The molecule has 0 spiro atoms. The SMILES string of the molecule is CCc1ccccc1NC(=O)c1cncc(NCc2ccccc2F)c1. The Morgan fingerprint density at radius 1 is 1.04 bits per heavy atom. The smallest absolute Gasteiger partial charge is 0.257 e. The number of amides is 1. The molecular formula is C21H20FN3O. The van der Waals surface area contributed by atoms with E-state index in [1.54, 1.807) is 30.5 Å². The van der Waals surface area contributed by atoms with Gasteiger partial charge >= 0.3 is 0 Å². The van der Waals surface area contributed by atoms with E-state index in [1.165, 1.54) is 12.3 Å². The van der Waals surface area contributed by atoms with Gasteiger partial charge in [0.1, 0.15) is 5.82 Å². The van der Waals surface area contributed by atoms with Gasteiger partial charge in [-0.2, -0.15) is 0 Å². The zero-order valence-electron chi connectivity index (χ0n) is 14.5. The number of pyridine rings is 1. The van der Waals surface area contributed by atoms with Crippen LogP contribution in [0, 0.1) is 5.82 Å². The third-order valence-corrected chi connectivity index (χ3v) is 4.09. The maximum Gasteiger partial charge on any atom is 0.257 e. The maximum absolute atomic E-state index is 13.7. The summed E-state index contributed by atoms with van der Waals surface area (Å²) < 4.78 is 13.7. The zero-order chi connectivity index (χ0) is 18.4. The highest BCUT2D eigenvalue weighted by Gasteiger charge is 2.10. The lowest BCUT2D eigenvalue weighted by Gasteiger charge is -2.11. The lowest BCUT2D eigenvalue weighted by molar-refractivity contribution is 0.102. The van der Waals surface area contributed by atoms with Crippen molar-refractivity contribution in [2.75, 3.05) is 10.6 Å². The van der Waals surface area contributed by atoms with Crippen LogP contribution in [0.15, 0.2) is 67.0 Å². The molecular weight excluding hydrogens is 329 g/mol. The van der Waals surface area contributed by atoms with Crippen LogP contribution in [0.25, 0.3) is 0 Å². The Hall–Kier alpha value is -3.21. The highest BCUT2D eigenvalue weighted by molar-refractivity contribution is 6.04. The predicted octanol–water partition coefficient (Wildman–Crippen LogP) is 4.65. The van der Waals surface area contributed by atoms with Crippen molar-refractivity contribution in [1.82, 2.24) is 4.98 Å². The van der Waals surface area contributed by atoms with Gasteiger partial charge in [0.05, 0.1) is 11.3 Å². The average molecular weight is 349 g/mol. The van der Waals surface area contributed by atoms with Gasteiger partial charge in [-0.25, -0.2) is 4.39 Å². The van der Waals surface area contributed by atoms with Crippen molar-refractivity contribution >= 4 is 17.3 Å². The van der Waals surface area contributed by atoms with Gasteiger partial charge in [0, 0.05) is 30.2 Å². The summed E-state index contributed by atoms with van der Waals surface area (Å²) in [6.07, 6.45) is 3.95. The second-order valence-electron chi connectivity index (χ2n) is 5.87. The Kier molecular flexibility index (Phi) is 5.59. The molecule has 0 bridgehead atoms. The minimum atomic E-state index is -0.266. The van der Waals surface area contributed by atoms with Crippen LogP contribution in [0.3, 0.4) is 0 Å². The van der Waals surface area contributed by atoms with Crippen molar-refractivity contribution in [3.8, 4) is 0 Å². The normalized spacial score (nSPS) is 10.4. The molecule has 0 unspecified atom stereocenters. The summed E-state index contributed by atoms with van der Waals surface area (Å²) in [5.74, 6) is -0.494. The average Bonchev–Trinajstić information content (AvgIpc) is 2.68. The van der Waals surface area contributed by atoms with Gasteiger partial charge in [-0.3, -0.25) is 9.78 Å². The Morgan fingerprint density at radius 3 is 2.54 bits per heavy atom. The van der Waals surface area contributed by atoms with Crippen LogP contribution in [-0.2, 0) is 13.0 Å². The standard InChI is InChI=1S/C21H20FN3O/c1-2-15-7-4-6-10-20(15)25-21(26)17-11-18(14-23-12-17)24-13-16-8-3-5-9-19(16)22/h3-12,14,24H,2,13H2,1H3,(H,25,26). The molecule has 0 fully saturated rings. The second-order valence-corrected chi connectivity index (χ2v) is 5.87. The van der Waals surface area contributed by atoms with Gasteiger partial charge < -0.3 is 10.6 Å². The molecule has 132 valence electrons. The van der Waals surface area contributed by atoms with Crippen LogP contribution in [0.4, 0.5) is 15.8 Å². The molecule has 5 heteroatoms. The van der Waals surface area contributed by atoms with Gasteiger partial charge in [-0.15, -0.1) is 0 Å². The number of carbonyl (C=O) groups is 1. The van der Waals surface area contributed by atoms with E-state index < -0.39 is 0 Å². The third kappa shape index (κ3) is 4.25. The monoisotopic (exact) mass is 349 g/mol. The molecule has 0 aliphatic carbocycles. The van der Waals surface area contributed by atoms with E-state index in [9.17, 15) is 9.18 Å². The number of halogens is 1.